The van der Waals surface area contributed by atoms with Gasteiger partial charge in [-0.05, 0) is 12.0 Å². The van der Waals surface area contributed by atoms with Crippen LogP contribution in [0.3, 0.4) is 0 Å². The molecule has 3 N–H and O–H groups in total. The average molecular weight is 282 g/mol. The number of hydrogen-bond acceptors (Lipinski definition) is 4. The lowest BCUT2D eigenvalue weighted by atomic mass is 10.0. The summed E-state index contributed by atoms with van der Waals surface area (Å²) in [6.07, 6.45) is 0. The zero-order valence-corrected chi connectivity index (χ0v) is 12.3. The minimum Gasteiger partial charge on any atom is -0.378 e. The zero-order valence-electron chi connectivity index (χ0n) is 12.3. The Morgan fingerprint density at radius 2 is 2.15 bits per heavy atom. The van der Waals surface area contributed by atoms with Crippen LogP contribution < -0.4 is 10.6 Å². The second-order valence-electron chi connectivity index (χ2n) is 4.96. The molecule has 0 unspecified atom stereocenters. The molecule has 1 aromatic rings. The minimum absolute atomic E-state index is 0.0183. The molecular weight excluding hydrogens is 260 g/mol. The zero-order chi connectivity index (χ0) is 15.1. The summed E-state index contributed by atoms with van der Waals surface area (Å²) in [5.74, 6) is -0.411. The van der Waals surface area contributed by atoms with Crippen molar-refractivity contribution in [3.63, 3.8) is 0 Å². The van der Waals surface area contributed by atoms with Gasteiger partial charge in [-0.15, -0.1) is 0 Å². The van der Waals surface area contributed by atoms with E-state index in [9.17, 15) is 9.59 Å². The Balaban J connectivity index is 2.53. The molecule has 1 atom stereocenters. The molecule has 20 heavy (non-hydrogen) atoms. The van der Waals surface area contributed by atoms with Gasteiger partial charge in [0.15, 0.2) is 0 Å². The van der Waals surface area contributed by atoms with Gasteiger partial charge >= 0.3 is 0 Å². The summed E-state index contributed by atoms with van der Waals surface area (Å²) in [5, 5.41) is 12.3. The lowest BCUT2D eigenvalue weighted by molar-refractivity contribution is -0.129. The van der Waals surface area contributed by atoms with Crippen LogP contribution in [-0.2, 0) is 27.5 Å². The summed E-state index contributed by atoms with van der Waals surface area (Å²) in [7, 11) is 1.59. The van der Waals surface area contributed by atoms with E-state index in [0.717, 1.165) is 11.4 Å². The number of nitrogens with zero attached hydrogens (tertiary/aromatic N) is 1. The molecule has 7 nitrogen and oxygen atoms in total. The van der Waals surface area contributed by atoms with E-state index in [1.54, 1.807) is 7.11 Å². The number of aromatic amines is 1. The largest absolute Gasteiger partial charge is 0.378 e. The topological polar surface area (TPSA) is 96.1 Å². The molecule has 112 valence electrons. The number of carbonyl (C=O) groups is 2. The summed E-state index contributed by atoms with van der Waals surface area (Å²) in [5.41, 5.74) is 1.56. The first kappa shape index (κ1) is 16.2. The number of carbonyl (C=O) groups excluding carboxylic acids is 2. The first-order valence-electron chi connectivity index (χ1n) is 6.51. The molecule has 0 aliphatic rings. The third-order valence-electron chi connectivity index (χ3n) is 2.74. The molecule has 1 aromatic heterocycles. The van der Waals surface area contributed by atoms with Gasteiger partial charge in [-0.1, -0.05) is 13.8 Å². The van der Waals surface area contributed by atoms with Crippen LogP contribution >= 0.6 is 0 Å². The van der Waals surface area contributed by atoms with Crippen LogP contribution in [0.25, 0.3) is 0 Å². The third-order valence-corrected chi connectivity index (χ3v) is 2.74. The number of amides is 2. The maximum Gasteiger partial charge on any atom is 0.243 e. The molecule has 1 heterocycles. The average Bonchev–Trinajstić information content (AvgIpc) is 2.81. The van der Waals surface area contributed by atoms with Crippen molar-refractivity contribution >= 4 is 11.8 Å². The lowest BCUT2D eigenvalue weighted by Gasteiger charge is -2.20. The van der Waals surface area contributed by atoms with Crippen LogP contribution in [0.5, 0.6) is 0 Å². The van der Waals surface area contributed by atoms with Gasteiger partial charge < -0.3 is 15.4 Å². The van der Waals surface area contributed by atoms with E-state index in [1.807, 2.05) is 19.9 Å². The van der Waals surface area contributed by atoms with Crippen LogP contribution in [0.4, 0.5) is 0 Å². The van der Waals surface area contributed by atoms with Crippen LogP contribution in [0, 0.1) is 5.92 Å². The van der Waals surface area contributed by atoms with Crippen molar-refractivity contribution in [2.24, 2.45) is 5.92 Å². The quantitative estimate of drug-likeness (QED) is 0.671. The number of aromatic nitrogens is 2. The van der Waals surface area contributed by atoms with Crippen LogP contribution in [0.2, 0.25) is 0 Å². The van der Waals surface area contributed by atoms with E-state index < -0.39 is 6.04 Å². The van der Waals surface area contributed by atoms with Crippen molar-refractivity contribution in [2.45, 2.75) is 40.0 Å². The summed E-state index contributed by atoms with van der Waals surface area (Å²) in [6.45, 7) is 5.91. The molecule has 0 saturated carbocycles. The number of methoxy groups -OCH3 is 1. The lowest BCUT2D eigenvalue weighted by Crippen LogP contribution is -2.48. The molecule has 1 rings (SSSR count). The molecule has 0 radical (unpaired) electrons. The minimum atomic E-state index is -0.533. The third kappa shape index (κ3) is 5.00. The molecule has 0 aromatic carbocycles. The van der Waals surface area contributed by atoms with E-state index in [-0.39, 0.29) is 17.7 Å². The fourth-order valence-electron chi connectivity index (χ4n) is 1.77. The number of H-pyrrole nitrogens is 1. The van der Waals surface area contributed by atoms with Gasteiger partial charge in [-0.2, -0.15) is 5.10 Å². The van der Waals surface area contributed by atoms with Gasteiger partial charge in [0, 0.05) is 14.0 Å². The fourth-order valence-corrected chi connectivity index (χ4v) is 1.77. The normalized spacial score (nSPS) is 12.2. The van der Waals surface area contributed by atoms with E-state index >= 15 is 0 Å². The van der Waals surface area contributed by atoms with Gasteiger partial charge in [-0.3, -0.25) is 14.7 Å². The SMILES string of the molecule is COCc1cc(CNC(=O)[C@H](NC(C)=O)C(C)C)[nH]n1. The highest BCUT2D eigenvalue weighted by Gasteiger charge is 2.22. The number of ether oxygens (including phenoxy) is 1. The Kier molecular flexibility index (Phi) is 6.17. The summed E-state index contributed by atoms with van der Waals surface area (Å²) in [6, 6.07) is 1.29. The van der Waals surface area contributed by atoms with Crippen LogP contribution in [0.15, 0.2) is 6.07 Å². The van der Waals surface area contributed by atoms with Gasteiger partial charge in [0.05, 0.1) is 24.5 Å². The second-order valence-corrected chi connectivity index (χ2v) is 4.96. The highest BCUT2D eigenvalue weighted by atomic mass is 16.5. The standard InChI is InChI=1S/C13H22N4O3/c1-8(2)12(15-9(3)18)13(19)14-6-10-5-11(7-20-4)17-16-10/h5,8,12H,6-7H2,1-4H3,(H,14,19)(H,15,18)(H,16,17)/t12-/m1/s1. The molecule has 7 heteroatoms. The smallest absolute Gasteiger partial charge is 0.243 e. The first-order chi connectivity index (χ1) is 9.43. The Labute approximate surface area is 118 Å². The Hall–Kier alpha value is -1.89. The van der Waals surface area contributed by atoms with Crippen molar-refractivity contribution in [3.8, 4) is 0 Å². The maximum atomic E-state index is 12.0. The predicted octanol–water partition coefficient (Wildman–Crippen LogP) is 0.333. The Bertz CT molecular complexity index is 456. The maximum absolute atomic E-state index is 12.0. The molecule has 0 fully saturated rings. The number of hydrogen-bond donors (Lipinski definition) is 3. The molecule has 0 aliphatic carbocycles. The van der Waals surface area contributed by atoms with Crippen LogP contribution in [-0.4, -0.2) is 35.2 Å². The Morgan fingerprint density at radius 3 is 2.70 bits per heavy atom. The number of rotatable bonds is 7. The van der Waals surface area contributed by atoms with E-state index in [4.69, 9.17) is 4.74 Å². The summed E-state index contributed by atoms with van der Waals surface area (Å²) in [4.78, 5) is 23.1. The highest BCUT2D eigenvalue weighted by molar-refractivity contribution is 5.86. The number of nitrogens with one attached hydrogen (secondary N) is 3. The van der Waals surface area contributed by atoms with E-state index in [2.05, 4.69) is 20.8 Å². The molecule has 2 amide bonds. The molecular formula is C13H22N4O3. The molecule has 0 spiro atoms. The molecule has 0 saturated heterocycles. The van der Waals surface area contributed by atoms with E-state index in [1.165, 1.54) is 6.92 Å². The predicted molar refractivity (Wildman–Crippen MR) is 73.6 cm³/mol. The molecule has 0 bridgehead atoms. The van der Waals surface area contributed by atoms with Crippen molar-refractivity contribution in [3.05, 3.63) is 17.5 Å². The first-order valence-corrected chi connectivity index (χ1v) is 6.51. The van der Waals surface area contributed by atoms with Gasteiger partial charge in [0.25, 0.3) is 0 Å². The monoisotopic (exact) mass is 282 g/mol. The Morgan fingerprint density at radius 1 is 1.45 bits per heavy atom. The van der Waals surface area contributed by atoms with Crippen molar-refractivity contribution in [2.75, 3.05) is 7.11 Å². The van der Waals surface area contributed by atoms with Crippen molar-refractivity contribution in [1.82, 2.24) is 20.8 Å². The van der Waals surface area contributed by atoms with Crippen molar-refractivity contribution in [1.29, 1.82) is 0 Å². The highest BCUT2D eigenvalue weighted by Crippen LogP contribution is 2.04. The van der Waals surface area contributed by atoms with Gasteiger partial charge in [-0.25, -0.2) is 0 Å². The summed E-state index contributed by atoms with van der Waals surface area (Å²) < 4.78 is 4.96. The van der Waals surface area contributed by atoms with Gasteiger partial charge in [0.1, 0.15) is 6.04 Å². The molecule has 0 aliphatic heterocycles. The van der Waals surface area contributed by atoms with Crippen molar-refractivity contribution < 1.29 is 14.3 Å². The van der Waals surface area contributed by atoms with Gasteiger partial charge in [0.2, 0.25) is 11.8 Å². The summed E-state index contributed by atoms with van der Waals surface area (Å²) >= 11 is 0. The van der Waals surface area contributed by atoms with Crippen LogP contribution in [0.1, 0.15) is 32.2 Å². The second kappa shape index (κ2) is 7.64. The fraction of sp³-hybridized carbons (Fsp3) is 0.615. The van der Waals surface area contributed by atoms with E-state index in [0.29, 0.717) is 13.2 Å².